The number of anilines is 2. The Morgan fingerprint density at radius 3 is 2.69 bits per heavy atom. The molecule has 1 aromatic heterocycles. The third kappa shape index (κ3) is 3.64. The molecule has 1 saturated heterocycles. The molecule has 0 radical (unpaired) electrons. The van der Waals surface area contributed by atoms with Gasteiger partial charge in [-0.3, -0.25) is 14.4 Å². The van der Waals surface area contributed by atoms with Crippen molar-refractivity contribution in [2.24, 2.45) is 11.8 Å². The van der Waals surface area contributed by atoms with Crippen molar-refractivity contribution in [3.63, 3.8) is 0 Å². The Hall–Kier alpha value is -2.74. The molecule has 3 aliphatic rings. The smallest absolute Gasteiger partial charge is 0.229 e. The summed E-state index contributed by atoms with van der Waals surface area (Å²) in [6.07, 6.45) is 2.85. The summed E-state index contributed by atoms with van der Waals surface area (Å²) in [7, 11) is 0. The Morgan fingerprint density at radius 1 is 1.14 bits per heavy atom. The maximum absolute atomic E-state index is 13.1. The van der Waals surface area contributed by atoms with Crippen LogP contribution >= 0.6 is 11.3 Å². The van der Waals surface area contributed by atoms with Crippen LogP contribution in [0.2, 0.25) is 0 Å². The number of nitrogens with zero attached hydrogens (tertiary/aromatic N) is 3. The first kappa shape index (κ1) is 18.3. The van der Waals surface area contributed by atoms with Crippen LogP contribution in [0.15, 0.2) is 30.3 Å². The number of aromatic nitrogens is 1. The van der Waals surface area contributed by atoms with E-state index in [2.05, 4.69) is 10.3 Å². The van der Waals surface area contributed by atoms with Gasteiger partial charge in [-0.2, -0.15) is 0 Å². The summed E-state index contributed by atoms with van der Waals surface area (Å²) >= 11 is 1.46. The quantitative estimate of drug-likeness (QED) is 0.839. The largest absolute Gasteiger partial charge is 0.337 e. The van der Waals surface area contributed by atoms with E-state index in [9.17, 15) is 14.4 Å². The molecule has 1 saturated carbocycles. The highest BCUT2D eigenvalue weighted by Crippen LogP contribution is 2.34. The van der Waals surface area contributed by atoms with Crippen molar-refractivity contribution in [3.8, 4) is 0 Å². The van der Waals surface area contributed by atoms with Crippen LogP contribution in [0.3, 0.4) is 0 Å². The van der Waals surface area contributed by atoms with Gasteiger partial charge in [0.1, 0.15) is 0 Å². The van der Waals surface area contributed by atoms with Gasteiger partial charge in [-0.25, -0.2) is 4.98 Å². The van der Waals surface area contributed by atoms with E-state index >= 15 is 0 Å². The van der Waals surface area contributed by atoms with Crippen LogP contribution in [0, 0.1) is 11.8 Å². The Balaban J connectivity index is 1.24. The van der Waals surface area contributed by atoms with Crippen LogP contribution in [0.25, 0.3) is 0 Å². The molecule has 8 heteroatoms. The van der Waals surface area contributed by atoms with Gasteiger partial charge in [0.25, 0.3) is 0 Å². The zero-order valence-electron chi connectivity index (χ0n) is 16.0. The third-order valence-corrected chi connectivity index (χ3v) is 6.76. The van der Waals surface area contributed by atoms with E-state index in [-0.39, 0.29) is 36.0 Å². The van der Waals surface area contributed by atoms with Crippen molar-refractivity contribution in [3.05, 3.63) is 40.9 Å². The summed E-state index contributed by atoms with van der Waals surface area (Å²) < 4.78 is 0. The minimum absolute atomic E-state index is 0.00452. The van der Waals surface area contributed by atoms with Gasteiger partial charge in [0.05, 0.1) is 18.2 Å². The van der Waals surface area contributed by atoms with Gasteiger partial charge >= 0.3 is 0 Å². The lowest BCUT2D eigenvalue weighted by atomic mass is 10.1. The number of carbonyl (C=O) groups excluding carboxylic acids is 3. The molecular formula is C21H22N4O3S. The minimum atomic E-state index is -0.314. The lowest BCUT2D eigenvalue weighted by Gasteiger charge is -2.28. The van der Waals surface area contributed by atoms with Crippen molar-refractivity contribution in [2.75, 3.05) is 23.3 Å². The summed E-state index contributed by atoms with van der Waals surface area (Å²) in [6.45, 7) is 1.53. The van der Waals surface area contributed by atoms with Gasteiger partial charge in [0.15, 0.2) is 5.13 Å². The lowest BCUT2D eigenvalue weighted by molar-refractivity contribution is -0.136. The molecule has 1 aromatic carbocycles. The zero-order valence-corrected chi connectivity index (χ0v) is 16.8. The van der Waals surface area contributed by atoms with Crippen LogP contribution in [0.4, 0.5) is 10.8 Å². The summed E-state index contributed by atoms with van der Waals surface area (Å²) in [5.41, 5.74) is 1.81. The van der Waals surface area contributed by atoms with Crippen LogP contribution in [0.5, 0.6) is 0 Å². The first-order valence-electron chi connectivity index (χ1n) is 10.0. The van der Waals surface area contributed by atoms with Crippen molar-refractivity contribution in [1.82, 2.24) is 9.88 Å². The van der Waals surface area contributed by atoms with E-state index in [1.807, 2.05) is 35.2 Å². The molecule has 2 aliphatic heterocycles. The standard InChI is InChI=1S/C21H22N4O3S/c26-18-10-14(11-25(18)15-4-2-1-3-5-15)20(28)24-9-8-16-17(12-24)29-21(22-16)23-19(27)13-6-7-13/h1-5,13-14H,6-12H2,(H,22,23,27). The van der Waals surface area contributed by atoms with Gasteiger partial charge in [0, 0.05) is 42.4 Å². The second-order valence-electron chi connectivity index (χ2n) is 7.90. The minimum Gasteiger partial charge on any atom is -0.337 e. The summed E-state index contributed by atoms with van der Waals surface area (Å²) in [6, 6.07) is 9.49. The van der Waals surface area contributed by atoms with Crippen molar-refractivity contribution < 1.29 is 14.4 Å². The molecule has 0 bridgehead atoms. The molecule has 1 unspecified atom stereocenters. The fourth-order valence-electron chi connectivity index (χ4n) is 3.98. The number of amides is 3. The molecule has 5 rings (SSSR count). The van der Waals surface area contributed by atoms with Crippen LogP contribution in [0.1, 0.15) is 29.8 Å². The molecule has 1 N–H and O–H groups in total. The molecule has 3 heterocycles. The fraction of sp³-hybridized carbons (Fsp3) is 0.429. The molecule has 29 heavy (non-hydrogen) atoms. The molecule has 2 aromatic rings. The molecule has 3 amide bonds. The SMILES string of the molecule is O=C(Nc1nc2c(s1)CN(C(=O)C1CC(=O)N(c3ccccc3)C1)CC2)C1CC1. The first-order valence-corrected chi connectivity index (χ1v) is 10.8. The van der Waals surface area contributed by atoms with Crippen LogP contribution in [-0.2, 0) is 27.3 Å². The maximum atomic E-state index is 13.1. The predicted octanol–water partition coefficient (Wildman–Crippen LogP) is 2.43. The number of rotatable bonds is 4. The van der Waals surface area contributed by atoms with E-state index in [1.165, 1.54) is 11.3 Å². The molecule has 1 aliphatic carbocycles. The van der Waals surface area contributed by atoms with E-state index in [1.54, 1.807) is 4.90 Å². The van der Waals surface area contributed by atoms with Crippen molar-refractivity contribution in [2.45, 2.75) is 32.2 Å². The number of hydrogen-bond donors (Lipinski definition) is 1. The summed E-state index contributed by atoms with van der Waals surface area (Å²) in [4.78, 5) is 46.6. The molecule has 0 spiro atoms. The van der Waals surface area contributed by atoms with E-state index < -0.39 is 0 Å². The van der Waals surface area contributed by atoms with Crippen molar-refractivity contribution >= 4 is 39.9 Å². The number of nitrogens with one attached hydrogen (secondary N) is 1. The highest BCUT2D eigenvalue weighted by molar-refractivity contribution is 7.15. The second-order valence-corrected chi connectivity index (χ2v) is 8.99. The van der Waals surface area contributed by atoms with Gasteiger partial charge in [-0.1, -0.05) is 29.5 Å². The molecule has 2 fully saturated rings. The lowest BCUT2D eigenvalue weighted by Crippen LogP contribution is -2.40. The van der Waals surface area contributed by atoms with E-state index in [0.29, 0.717) is 31.2 Å². The monoisotopic (exact) mass is 410 g/mol. The highest BCUT2D eigenvalue weighted by atomic mass is 32.1. The third-order valence-electron chi connectivity index (χ3n) is 5.76. The average Bonchev–Trinajstić information content (AvgIpc) is 3.40. The second kappa shape index (κ2) is 7.26. The number of hydrogen-bond acceptors (Lipinski definition) is 5. The van der Waals surface area contributed by atoms with Gasteiger partial charge in [-0.05, 0) is 25.0 Å². The van der Waals surface area contributed by atoms with Gasteiger partial charge < -0.3 is 15.1 Å². The Labute approximate surface area is 172 Å². The Morgan fingerprint density at radius 2 is 1.93 bits per heavy atom. The summed E-state index contributed by atoms with van der Waals surface area (Å²) in [5, 5.41) is 3.54. The van der Waals surface area contributed by atoms with Crippen LogP contribution in [-0.4, -0.2) is 40.7 Å². The molecular weight excluding hydrogens is 388 g/mol. The summed E-state index contributed by atoms with van der Waals surface area (Å²) in [5.74, 6) is -0.100. The Bertz CT molecular complexity index is 970. The predicted molar refractivity (Wildman–Crippen MR) is 109 cm³/mol. The normalized spacial score (nSPS) is 21.2. The van der Waals surface area contributed by atoms with E-state index in [0.717, 1.165) is 29.1 Å². The average molecular weight is 410 g/mol. The topological polar surface area (TPSA) is 82.6 Å². The van der Waals surface area contributed by atoms with Crippen molar-refractivity contribution in [1.29, 1.82) is 0 Å². The van der Waals surface area contributed by atoms with Gasteiger partial charge in [0.2, 0.25) is 17.7 Å². The first-order chi connectivity index (χ1) is 14.1. The number of benzene rings is 1. The van der Waals surface area contributed by atoms with Crippen LogP contribution < -0.4 is 10.2 Å². The number of para-hydroxylation sites is 1. The zero-order chi connectivity index (χ0) is 20.0. The van der Waals surface area contributed by atoms with Gasteiger partial charge in [-0.15, -0.1) is 0 Å². The molecule has 1 atom stereocenters. The molecule has 7 nitrogen and oxygen atoms in total. The highest BCUT2D eigenvalue weighted by Gasteiger charge is 2.38. The van der Waals surface area contributed by atoms with E-state index in [4.69, 9.17) is 0 Å². The fourth-order valence-corrected chi connectivity index (χ4v) is 5.01. The Kier molecular flexibility index (Phi) is 4.58. The number of carbonyl (C=O) groups is 3. The number of thiazole rings is 1. The molecule has 150 valence electrons. The maximum Gasteiger partial charge on any atom is 0.229 e. The number of fused-ring (bicyclic) bond motifs is 1.